The SMILES string of the molecule is CCC(CC)C(=O)N1C2CCC1CC(S(C)(=O)=O)C2. The molecule has 0 aromatic carbocycles. The Balaban J connectivity index is 2.13. The van der Waals surface area contributed by atoms with Gasteiger partial charge in [-0.25, -0.2) is 8.42 Å². The summed E-state index contributed by atoms with van der Waals surface area (Å²) in [5.41, 5.74) is 0. The summed E-state index contributed by atoms with van der Waals surface area (Å²) in [6.45, 7) is 4.11. The van der Waals surface area contributed by atoms with Gasteiger partial charge in [-0.3, -0.25) is 4.79 Å². The molecule has 0 aromatic heterocycles. The summed E-state index contributed by atoms with van der Waals surface area (Å²) in [4.78, 5) is 14.6. The van der Waals surface area contributed by atoms with Crippen LogP contribution in [0.25, 0.3) is 0 Å². The van der Waals surface area contributed by atoms with Crippen molar-refractivity contribution in [3.05, 3.63) is 0 Å². The van der Waals surface area contributed by atoms with Crippen LogP contribution in [0.4, 0.5) is 0 Å². The van der Waals surface area contributed by atoms with Crippen molar-refractivity contribution in [1.82, 2.24) is 4.90 Å². The Morgan fingerprint density at radius 1 is 1.16 bits per heavy atom. The summed E-state index contributed by atoms with van der Waals surface area (Å²) < 4.78 is 23.4. The van der Waals surface area contributed by atoms with Gasteiger partial charge in [0, 0.05) is 24.3 Å². The van der Waals surface area contributed by atoms with E-state index in [9.17, 15) is 13.2 Å². The zero-order chi connectivity index (χ0) is 14.2. The lowest BCUT2D eigenvalue weighted by atomic mass is 9.96. The lowest BCUT2D eigenvalue weighted by Gasteiger charge is -2.40. The van der Waals surface area contributed by atoms with Gasteiger partial charge in [0.1, 0.15) is 9.84 Å². The molecular formula is C14H25NO3S. The maximum Gasteiger partial charge on any atom is 0.226 e. The third kappa shape index (κ3) is 2.81. The van der Waals surface area contributed by atoms with Crippen molar-refractivity contribution in [3.8, 4) is 0 Å². The summed E-state index contributed by atoms with van der Waals surface area (Å²) in [6.07, 6.45) is 6.31. The van der Waals surface area contributed by atoms with Gasteiger partial charge in [0.2, 0.25) is 5.91 Å². The molecule has 0 aliphatic carbocycles. The summed E-state index contributed by atoms with van der Waals surface area (Å²) in [7, 11) is -2.97. The van der Waals surface area contributed by atoms with Crippen LogP contribution in [-0.2, 0) is 14.6 Å². The third-order valence-corrected chi connectivity index (χ3v) is 6.48. The summed E-state index contributed by atoms with van der Waals surface area (Å²) in [5, 5.41) is -0.240. The second-order valence-electron chi connectivity index (χ2n) is 6.07. The van der Waals surface area contributed by atoms with Crippen molar-refractivity contribution in [3.63, 3.8) is 0 Å². The van der Waals surface area contributed by atoms with Crippen LogP contribution in [0.1, 0.15) is 52.4 Å². The highest BCUT2D eigenvalue weighted by Gasteiger charge is 2.46. The van der Waals surface area contributed by atoms with E-state index in [2.05, 4.69) is 13.8 Å². The summed E-state index contributed by atoms with van der Waals surface area (Å²) in [5.74, 6) is 0.363. The van der Waals surface area contributed by atoms with E-state index < -0.39 is 9.84 Å². The number of carbonyl (C=O) groups is 1. The van der Waals surface area contributed by atoms with Gasteiger partial charge in [0.15, 0.2) is 0 Å². The molecule has 2 atom stereocenters. The molecule has 2 unspecified atom stereocenters. The monoisotopic (exact) mass is 287 g/mol. The number of nitrogens with zero attached hydrogens (tertiary/aromatic N) is 1. The van der Waals surface area contributed by atoms with Crippen LogP contribution in [0.3, 0.4) is 0 Å². The van der Waals surface area contributed by atoms with Crippen LogP contribution < -0.4 is 0 Å². The van der Waals surface area contributed by atoms with Crippen LogP contribution in [-0.4, -0.2) is 42.8 Å². The number of fused-ring (bicyclic) bond motifs is 2. The number of rotatable bonds is 4. The number of hydrogen-bond acceptors (Lipinski definition) is 3. The lowest BCUT2D eigenvalue weighted by Crippen LogP contribution is -2.51. The van der Waals surface area contributed by atoms with Gasteiger partial charge >= 0.3 is 0 Å². The average molecular weight is 287 g/mol. The fourth-order valence-corrected chi connectivity index (χ4v) is 4.83. The van der Waals surface area contributed by atoms with Crippen molar-refractivity contribution >= 4 is 15.7 Å². The first-order valence-electron chi connectivity index (χ1n) is 7.39. The van der Waals surface area contributed by atoms with Gasteiger partial charge in [-0.05, 0) is 38.5 Å². The zero-order valence-corrected chi connectivity index (χ0v) is 12.9. The van der Waals surface area contributed by atoms with Crippen molar-refractivity contribution in [2.45, 2.75) is 69.7 Å². The molecular weight excluding hydrogens is 262 g/mol. The van der Waals surface area contributed by atoms with Crippen molar-refractivity contribution in [2.75, 3.05) is 6.26 Å². The van der Waals surface area contributed by atoms with Crippen LogP contribution in [0.2, 0.25) is 0 Å². The van der Waals surface area contributed by atoms with E-state index in [0.717, 1.165) is 25.7 Å². The number of piperidine rings is 1. The van der Waals surface area contributed by atoms with E-state index in [1.54, 1.807) is 0 Å². The van der Waals surface area contributed by atoms with Crippen LogP contribution in [0.5, 0.6) is 0 Å². The molecule has 0 spiro atoms. The molecule has 2 saturated heterocycles. The molecule has 2 rings (SSSR count). The number of sulfone groups is 1. The molecule has 0 N–H and O–H groups in total. The van der Waals surface area contributed by atoms with Crippen molar-refractivity contribution in [1.29, 1.82) is 0 Å². The highest BCUT2D eigenvalue weighted by atomic mass is 32.2. The third-order valence-electron chi connectivity index (χ3n) is 4.88. The highest BCUT2D eigenvalue weighted by Crippen LogP contribution is 2.39. The van der Waals surface area contributed by atoms with Crippen molar-refractivity contribution < 1.29 is 13.2 Å². The van der Waals surface area contributed by atoms with Crippen molar-refractivity contribution in [2.24, 2.45) is 5.92 Å². The number of carbonyl (C=O) groups excluding carboxylic acids is 1. The van der Waals surface area contributed by atoms with E-state index in [0.29, 0.717) is 12.8 Å². The van der Waals surface area contributed by atoms with E-state index >= 15 is 0 Å². The van der Waals surface area contributed by atoms with Gasteiger partial charge in [0.05, 0.1) is 5.25 Å². The van der Waals surface area contributed by atoms with Gasteiger partial charge < -0.3 is 4.90 Å². The average Bonchev–Trinajstić information content (AvgIpc) is 2.59. The first-order valence-corrected chi connectivity index (χ1v) is 9.34. The molecule has 1 amide bonds. The maximum absolute atomic E-state index is 12.6. The minimum atomic E-state index is -2.97. The Morgan fingerprint density at radius 2 is 1.63 bits per heavy atom. The topological polar surface area (TPSA) is 54.5 Å². The predicted octanol–water partition coefficient (Wildman–Crippen LogP) is 1.99. The molecule has 2 aliphatic rings. The van der Waals surface area contributed by atoms with E-state index in [1.807, 2.05) is 4.90 Å². The number of amides is 1. The molecule has 0 saturated carbocycles. The summed E-state index contributed by atoms with van der Waals surface area (Å²) in [6, 6.07) is 0.318. The fourth-order valence-electron chi connectivity index (χ4n) is 3.69. The highest BCUT2D eigenvalue weighted by molar-refractivity contribution is 7.91. The fraction of sp³-hybridized carbons (Fsp3) is 0.929. The van der Waals surface area contributed by atoms with Gasteiger partial charge in [0.25, 0.3) is 0 Å². The van der Waals surface area contributed by atoms with Gasteiger partial charge in [-0.2, -0.15) is 0 Å². The normalized spacial score (nSPS) is 30.9. The van der Waals surface area contributed by atoms with Crippen LogP contribution in [0, 0.1) is 5.92 Å². The Morgan fingerprint density at radius 3 is 2.00 bits per heavy atom. The molecule has 19 heavy (non-hydrogen) atoms. The zero-order valence-electron chi connectivity index (χ0n) is 12.1. The molecule has 2 aliphatic heterocycles. The van der Waals surface area contributed by atoms with E-state index in [-0.39, 0.29) is 29.2 Å². The molecule has 2 fully saturated rings. The standard InChI is InChI=1S/C14H25NO3S/c1-4-10(5-2)14(16)15-11-6-7-12(15)9-13(8-11)19(3,17)18/h10-13H,4-9H2,1-3H3. The Labute approximate surface area is 116 Å². The minimum absolute atomic E-state index is 0.109. The second-order valence-corrected chi connectivity index (χ2v) is 8.39. The summed E-state index contributed by atoms with van der Waals surface area (Å²) >= 11 is 0. The molecule has 0 radical (unpaired) electrons. The molecule has 2 heterocycles. The molecule has 0 aromatic rings. The molecule has 5 heteroatoms. The molecule has 110 valence electrons. The minimum Gasteiger partial charge on any atom is -0.336 e. The van der Waals surface area contributed by atoms with Gasteiger partial charge in [-0.1, -0.05) is 13.8 Å². The second kappa shape index (κ2) is 5.43. The predicted molar refractivity (Wildman–Crippen MR) is 75.6 cm³/mol. The quantitative estimate of drug-likeness (QED) is 0.794. The number of hydrogen-bond donors (Lipinski definition) is 0. The van der Waals surface area contributed by atoms with Crippen LogP contribution in [0.15, 0.2) is 0 Å². The van der Waals surface area contributed by atoms with Crippen LogP contribution >= 0.6 is 0 Å². The first kappa shape index (κ1) is 14.8. The van der Waals surface area contributed by atoms with E-state index in [1.165, 1.54) is 6.26 Å². The van der Waals surface area contributed by atoms with E-state index in [4.69, 9.17) is 0 Å². The maximum atomic E-state index is 12.6. The Kier molecular flexibility index (Phi) is 4.23. The lowest BCUT2D eigenvalue weighted by molar-refractivity contribution is -0.140. The first-order chi connectivity index (χ1) is 8.88. The molecule has 4 nitrogen and oxygen atoms in total. The largest absolute Gasteiger partial charge is 0.336 e. The van der Waals surface area contributed by atoms with Gasteiger partial charge in [-0.15, -0.1) is 0 Å². The Hall–Kier alpha value is -0.580. The molecule has 2 bridgehead atoms. The Bertz CT molecular complexity index is 428. The smallest absolute Gasteiger partial charge is 0.226 e.